The van der Waals surface area contributed by atoms with Gasteiger partial charge in [-0.3, -0.25) is 37.3 Å². The summed E-state index contributed by atoms with van der Waals surface area (Å²) in [5, 5.41) is 10.5. The van der Waals surface area contributed by atoms with Gasteiger partial charge in [-0.05, 0) is 43.4 Å². The third-order valence-electron chi connectivity index (χ3n) is 15.5. The average molecular weight is 1260 g/mol. The molecule has 0 rings (SSSR count). The van der Waals surface area contributed by atoms with Crippen molar-refractivity contribution in [2.75, 3.05) is 39.6 Å². The Balaban J connectivity index is 5.17. The number of phosphoric acid groups is 2. The fraction of sp³-hybridized carbons (Fsp3) is 0.939. The number of carbonyl (C=O) groups excluding carboxylic acids is 4. The summed E-state index contributed by atoms with van der Waals surface area (Å²) in [4.78, 5) is 72.2. The number of hydrogen-bond donors (Lipinski definition) is 3. The average Bonchev–Trinajstić information content (AvgIpc) is 3.46. The van der Waals surface area contributed by atoms with Crippen molar-refractivity contribution in [2.45, 2.75) is 343 Å². The number of phosphoric ester groups is 2. The Bertz CT molecular complexity index is 1680. The van der Waals surface area contributed by atoms with Crippen LogP contribution in [0.4, 0.5) is 0 Å². The van der Waals surface area contributed by atoms with E-state index < -0.39 is 97.5 Å². The summed E-state index contributed by atoms with van der Waals surface area (Å²) in [5.74, 6) is 0.0550. The third kappa shape index (κ3) is 59.5. The molecule has 0 saturated heterocycles. The van der Waals surface area contributed by atoms with E-state index in [1.165, 1.54) is 128 Å². The Kier molecular flexibility index (Phi) is 55.9. The molecule has 0 radical (unpaired) electrons. The molecule has 17 nitrogen and oxygen atoms in total. The van der Waals surface area contributed by atoms with Gasteiger partial charge < -0.3 is 33.8 Å². The molecule has 3 N–H and O–H groups in total. The first-order valence-electron chi connectivity index (χ1n) is 34.4. The topological polar surface area (TPSA) is 237 Å². The van der Waals surface area contributed by atoms with Crippen LogP contribution in [0, 0.1) is 17.8 Å². The highest BCUT2D eigenvalue weighted by Crippen LogP contribution is 2.45. The minimum atomic E-state index is -4.95. The van der Waals surface area contributed by atoms with Crippen LogP contribution in [0.2, 0.25) is 0 Å². The van der Waals surface area contributed by atoms with Crippen LogP contribution >= 0.6 is 15.6 Å². The number of ether oxygens (including phenoxy) is 4. The van der Waals surface area contributed by atoms with E-state index in [2.05, 4.69) is 48.5 Å². The van der Waals surface area contributed by atoms with E-state index in [9.17, 15) is 43.2 Å². The van der Waals surface area contributed by atoms with Crippen molar-refractivity contribution < 1.29 is 80.2 Å². The maximum absolute atomic E-state index is 13.0. The maximum atomic E-state index is 13.0. The van der Waals surface area contributed by atoms with Crippen molar-refractivity contribution in [2.24, 2.45) is 17.8 Å². The van der Waals surface area contributed by atoms with E-state index in [1.54, 1.807) is 0 Å². The van der Waals surface area contributed by atoms with Gasteiger partial charge in [-0.25, -0.2) is 9.13 Å². The zero-order chi connectivity index (χ0) is 63.1. The highest BCUT2D eigenvalue weighted by Gasteiger charge is 2.30. The second-order valence-corrected chi connectivity index (χ2v) is 28.0. The van der Waals surface area contributed by atoms with Crippen molar-refractivity contribution in [1.29, 1.82) is 0 Å². The smallest absolute Gasteiger partial charge is 0.462 e. The van der Waals surface area contributed by atoms with Gasteiger partial charge >= 0.3 is 39.5 Å². The minimum absolute atomic E-state index is 0.102. The second kappa shape index (κ2) is 57.2. The molecular formula is C66H128O17P2. The van der Waals surface area contributed by atoms with Gasteiger partial charge in [-0.1, -0.05) is 273 Å². The number of esters is 4. The first-order valence-corrected chi connectivity index (χ1v) is 37.4. The molecule has 0 fully saturated rings. The zero-order valence-corrected chi connectivity index (χ0v) is 56.9. The fourth-order valence-electron chi connectivity index (χ4n) is 9.80. The fourth-order valence-corrected chi connectivity index (χ4v) is 11.4. The van der Waals surface area contributed by atoms with Crippen LogP contribution in [0.1, 0.15) is 325 Å². The molecule has 0 bridgehead atoms. The molecule has 0 saturated carbocycles. The molecule has 3 unspecified atom stereocenters. The lowest BCUT2D eigenvalue weighted by Crippen LogP contribution is -2.30. The highest BCUT2D eigenvalue weighted by molar-refractivity contribution is 7.47. The van der Waals surface area contributed by atoms with E-state index in [0.717, 1.165) is 102 Å². The molecule has 0 aliphatic rings. The van der Waals surface area contributed by atoms with Crippen LogP contribution in [0.5, 0.6) is 0 Å². The Morgan fingerprint density at radius 1 is 0.341 bits per heavy atom. The second-order valence-electron chi connectivity index (χ2n) is 25.1. The van der Waals surface area contributed by atoms with Crippen LogP contribution in [-0.2, 0) is 65.4 Å². The van der Waals surface area contributed by atoms with Crippen LogP contribution in [-0.4, -0.2) is 96.7 Å². The van der Waals surface area contributed by atoms with Crippen molar-refractivity contribution in [1.82, 2.24) is 0 Å². The van der Waals surface area contributed by atoms with E-state index in [0.29, 0.717) is 37.5 Å². The van der Waals surface area contributed by atoms with Crippen molar-refractivity contribution in [3.05, 3.63) is 0 Å². The minimum Gasteiger partial charge on any atom is -0.462 e. The van der Waals surface area contributed by atoms with E-state index in [1.807, 2.05) is 0 Å². The molecule has 85 heavy (non-hydrogen) atoms. The van der Waals surface area contributed by atoms with Crippen LogP contribution in [0.25, 0.3) is 0 Å². The molecular weight excluding hydrogens is 1130 g/mol. The summed E-state index contributed by atoms with van der Waals surface area (Å²) in [5.41, 5.74) is 0. The number of aliphatic hydroxyl groups excluding tert-OH is 1. The molecule has 0 aliphatic carbocycles. The number of aliphatic hydroxyl groups is 1. The lowest BCUT2D eigenvalue weighted by Gasteiger charge is -2.21. The number of unbranched alkanes of at least 4 members (excludes halogenated alkanes) is 31. The molecule has 0 heterocycles. The van der Waals surface area contributed by atoms with E-state index in [-0.39, 0.29) is 25.7 Å². The quantitative estimate of drug-likeness (QED) is 0.0222. The summed E-state index contributed by atoms with van der Waals surface area (Å²) >= 11 is 0. The third-order valence-corrected chi connectivity index (χ3v) is 17.4. The summed E-state index contributed by atoms with van der Waals surface area (Å²) in [7, 11) is -9.89. The van der Waals surface area contributed by atoms with Crippen LogP contribution < -0.4 is 0 Å². The lowest BCUT2D eigenvalue weighted by atomic mass is 9.99. The molecule has 6 atom stereocenters. The Morgan fingerprint density at radius 2 is 0.600 bits per heavy atom. The Hall–Kier alpha value is -1.94. The maximum Gasteiger partial charge on any atom is 0.472 e. The van der Waals surface area contributed by atoms with Gasteiger partial charge in [0.15, 0.2) is 12.2 Å². The van der Waals surface area contributed by atoms with Gasteiger partial charge in [0.25, 0.3) is 0 Å². The summed E-state index contributed by atoms with van der Waals surface area (Å²) in [6.07, 6.45) is 39.3. The van der Waals surface area contributed by atoms with E-state index >= 15 is 0 Å². The standard InChI is InChI=1S/C66H128O17P2/c1-8-10-11-12-13-20-24-33-40-47-63(68)76-53-62(83-66(71)50-43-36-29-27-31-38-45-58(5)6)56-81-85(74,75)79-52-60(67)51-78-84(72,73)80-55-61(54-77-64(69)48-41-34-28-26-30-37-44-57(3)4)82-65(70)49-42-35-25-22-19-17-15-14-16-18-21-23-32-39-46-59(7)9-2/h57-62,67H,8-56H2,1-7H3,(H,72,73)(H,74,75)/t59?,60-,61-,62-/m1/s1. The summed E-state index contributed by atoms with van der Waals surface area (Å²) < 4.78 is 68.0. The monoisotopic (exact) mass is 1250 g/mol. The number of hydrogen-bond acceptors (Lipinski definition) is 15. The van der Waals surface area contributed by atoms with Gasteiger partial charge in [0, 0.05) is 25.7 Å². The first-order chi connectivity index (χ1) is 40.8. The molecule has 0 spiro atoms. The predicted molar refractivity (Wildman–Crippen MR) is 340 cm³/mol. The Morgan fingerprint density at radius 3 is 0.894 bits per heavy atom. The van der Waals surface area contributed by atoms with Crippen LogP contribution in [0.15, 0.2) is 0 Å². The van der Waals surface area contributed by atoms with Crippen molar-refractivity contribution in [3.8, 4) is 0 Å². The molecule has 0 aromatic rings. The van der Waals surface area contributed by atoms with Crippen LogP contribution in [0.3, 0.4) is 0 Å². The largest absolute Gasteiger partial charge is 0.472 e. The normalized spacial score (nSPS) is 14.6. The predicted octanol–water partition coefficient (Wildman–Crippen LogP) is 18.3. The summed E-state index contributed by atoms with van der Waals surface area (Å²) in [6, 6.07) is 0. The first kappa shape index (κ1) is 83.1. The van der Waals surface area contributed by atoms with Crippen molar-refractivity contribution >= 4 is 39.5 Å². The van der Waals surface area contributed by atoms with Gasteiger partial charge in [-0.15, -0.1) is 0 Å². The van der Waals surface area contributed by atoms with Gasteiger partial charge in [0.1, 0.15) is 19.3 Å². The van der Waals surface area contributed by atoms with E-state index in [4.69, 9.17) is 37.0 Å². The summed E-state index contributed by atoms with van der Waals surface area (Å²) in [6.45, 7) is 11.7. The van der Waals surface area contributed by atoms with Crippen molar-refractivity contribution in [3.63, 3.8) is 0 Å². The number of carbonyl (C=O) groups is 4. The lowest BCUT2D eigenvalue weighted by molar-refractivity contribution is -0.161. The molecule has 0 aromatic carbocycles. The SMILES string of the molecule is CCCCCCCCCCCC(=O)OC[C@H](COP(=O)(O)OC[C@H](O)COP(=O)(O)OC[C@@H](COC(=O)CCCCCCCCC(C)C)OC(=O)CCCCCCCCCCCCCCCCC(C)CC)OC(=O)CCCCCCCCC(C)C. The van der Waals surface area contributed by atoms with Gasteiger partial charge in [-0.2, -0.15) is 0 Å². The zero-order valence-electron chi connectivity index (χ0n) is 55.1. The molecule has 19 heteroatoms. The molecule has 0 aliphatic heterocycles. The molecule has 0 aromatic heterocycles. The number of rotatable bonds is 64. The van der Waals surface area contributed by atoms with Gasteiger partial charge in [0.2, 0.25) is 0 Å². The molecule has 504 valence electrons. The Labute approximate surface area is 517 Å². The molecule has 0 amide bonds. The highest BCUT2D eigenvalue weighted by atomic mass is 31.2. The van der Waals surface area contributed by atoms with Gasteiger partial charge in [0.05, 0.1) is 26.4 Å².